The van der Waals surface area contributed by atoms with Crippen molar-refractivity contribution in [3.63, 3.8) is 0 Å². The van der Waals surface area contributed by atoms with Crippen LogP contribution in [0.1, 0.15) is 12.7 Å². The van der Waals surface area contributed by atoms with E-state index in [1.807, 2.05) is 14.0 Å². The lowest BCUT2D eigenvalue weighted by molar-refractivity contribution is 0.418. The highest BCUT2D eigenvalue weighted by atomic mass is 16.5. The molecule has 3 heterocycles. The highest BCUT2D eigenvalue weighted by Gasteiger charge is 2.15. The fraction of sp³-hybridized carbons (Fsp3) is 0.400. The Morgan fingerprint density at radius 2 is 2.04 bits per heavy atom. The zero-order chi connectivity index (χ0) is 17.4. The van der Waals surface area contributed by atoms with E-state index < -0.39 is 11.2 Å². The molecule has 0 aliphatic rings. The van der Waals surface area contributed by atoms with Gasteiger partial charge in [-0.2, -0.15) is 4.98 Å². The summed E-state index contributed by atoms with van der Waals surface area (Å²) in [5.74, 6) is 0.860. The highest BCUT2D eigenvalue weighted by molar-refractivity contribution is 5.78. The van der Waals surface area contributed by atoms with E-state index in [0.717, 1.165) is 4.57 Å². The third kappa shape index (κ3) is 2.62. The predicted octanol–water partition coefficient (Wildman–Crippen LogP) is -0.167. The van der Waals surface area contributed by atoms with E-state index in [1.54, 1.807) is 13.1 Å². The molecule has 24 heavy (non-hydrogen) atoms. The fourth-order valence-electron chi connectivity index (χ4n) is 2.41. The first-order chi connectivity index (χ1) is 11.4. The molecule has 1 N–H and O–H groups in total. The van der Waals surface area contributed by atoms with Gasteiger partial charge in [0.2, 0.25) is 0 Å². The number of rotatable bonds is 4. The number of pyridine rings is 1. The third-order valence-corrected chi connectivity index (χ3v) is 3.99. The predicted molar refractivity (Wildman–Crippen MR) is 87.7 cm³/mol. The Bertz CT molecular complexity index is 1020. The van der Waals surface area contributed by atoms with Crippen molar-refractivity contribution in [2.24, 2.45) is 14.1 Å². The van der Waals surface area contributed by atoms with Crippen LogP contribution in [-0.4, -0.2) is 37.3 Å². The van der Waals surface area contributed by atoms with E-state index in [9.17, 15) is 9.59 Å². The molecule has 0 spiro atoms. The van der Waals surface area contributed by atoms with Gasteiger partial charge in [-0.25, -0.2) is 9.78 Å². The molecule has 0 aliphatic carbocycles. The van der Waals surface area contributed by atoms with Crippen molar-refractivity contribution in [1.82, 2.24) is 29.6 Å². The van der Waals surface area contributed by atoms with Crippen molar-refractivity contribution in [2.45, 2.75) is 19.4 Å². The van der Waals surface area contributed by atoms with Gasteiger partial charge < -0.3 is 9.84 Å². The van der Waals surface area contributed by atoms with Crippen molar-refractivity contribution in [1.29, 1.82) is 0 Å². The molecular weight excluding hydrogens is 312 g/mol. The second kappa shape index (κ2) is 6.00. The van der Waals surface area contributed by atoms with Crippen LogP contribution in [0.15, 0.2) is 26.4 Å². The van der Waals surface area contributed by atoms with Crippen LogP contribution in [0, 0.1) is 0 Å². The standard InChI is InChI=1S/C15H18N6O3/c1-8(16-2)5-11-18-13(24-19-11)9-6-10-12(17-7-9)20(3)15(23)21(4)14(10)22/h6-8,16H,5H2,1-4H3. The third-order valence-electron chi connectivity index (χ3n) is 3.99. The van der Waals surface area contributed by atoms with Gasteiger partial charge in [0.15, 0.2) is 5.82 Å². The van der Waals surface area contributed by atoms with Crippen molar-refractivity contribution in [2.75, 3.05) is 7.05 Å². The molecule has 1 atom stereocenters. The van der Waals surface area contributed by atoms with E-state index in [4.69, 9.17) is 4.52 Å². The Kier molecular flexibility index (Phi) is 4.02. The smallest absolute Gasteiger partial charge is 0.332 e. The maximum Gasteiger partial charge on any atom is 0.332 e. The number of hydrogen-bond donors (Lipinski definition) is 1. The van der Waals surface area contributed by atoms with Crippen LogP contribution in [0.4, 0.5) is 0 Å². The van der Waals surface area contributed by atoms with Crippen molar-refractivity contribution >= 4 is 11.0 Å². The zero-order valence-corrected chi connectivity index (χ0v) is 13.9. The molecule has 9 nitrogen and oxygen atoms in total. The largest absolute Gasteiger partial charge is 0.334 e. The summed E-state index contributed by atoms with van der Waals surface area (Å²) >= 11 is 0. The minimum Gasteiger partial charge on any atom is -0.334 e. The van der Waals surface area contributed by atoms with Crippen LogP contribution in [0.2, 0.25) is 0 Å². The molecule has 3 aromatic heterocycles. The van der Waals surface area contributed by atoms with Crippen LogP contribution >= 0.6 is 0 Å². The quantitative estimate of drug-likeness (QED) is 0.707. The number of likely N-dealkylation sites (N-methyl/N-ethyl adjacent to an activating group) is 1. The number of aromatic nitrogens is 5. The van der Waals surface area contributed by atoms with Crippen molar-refractivity contribution in [3.05, 3.63) is 38.9 Å². The first-order valence-corrected chi connectivity index (χ1v) is 7.48. The topological polar surface area (TPSA) is 108 Å². The molecule has 0 fully saturated rings. The fourth-order valence-corrected chi connectivity index (χ4v) is 2.41. The van der Waals surface area contributed by atoms with Gasteiger partial charge in [-0.15, -0.1) is 0 Å². The van der Waals surface area contributed by atoms with Crippen molar-refractivity contribution in [3.8, 4) is 11.5 Å². The summed E-state index contributed by atoms with van der Waals surface area (Å²) in [7, 11) is 4.86. The first-order valence-electron chi connectivity index (χ1n) is 7.48. The zero-order valence-electron chi connectivity index (χ0n) is 13.9. The average Bonchev–Trinajstić information content (AvgIpc) is 3.05. The van der Waals surface area contributed by atoms with Crippen LogP contribution in [0.25, 0.3) is 22.5 Å². The number of nitrogens with zero attached hydrogens (tertiary/aromatic N) is 5. The molecule has 1 unspecified atom stereocenters. The van der Waals surface area contributed by atoms with E-state index in [0.29, 0.717) is 34.7 Å². The van der Waals surface area contributed by atoms with Gasteiger partial charge in [-0.1, -0.05) is 5.16 Å². The number of nitrogens with one attached hydrogen (secondary N) is 1. The van der Waals surface area contributed by atoms with Gasteiger partial charge in [0.05, 0.1) is 10.9 Å². The minimum absolute atomic E-state index is 0.215. The molecule has 3 rings (SSSR count). The highest BCUT2D eigenvalue weighted by Crippen LogP contribution is 2.19. The first kappa shape index (κ1) is 16.1. The summed E-state index contributed by atoms with van der Waals surface area (Å²) in [6.07, 6.45) is 2.14. The summed E-state index contributed by atoms with van der Waals surface area (Å²) in [5, 5.41) is 7.36. The van der Waals surface area contributed by atoms with Gasteiger partial charge in [-0.05, 0) is 20.0 Å². The number of fused-ring (bicyclic) bond motifs is 1. The summed E-state index contributed by atoms with van der Waals surface area (Å²) in [5.41, 5.74) is 0.0179. The molecule has 9 heteroatoms. The Morgan fingerprint density at radius 1 is 1.29 bits per heavy atom. The van der Waals surface area contributed by atoms with Crippen molar-refractivity contribution < 1.29 is 4.52 Å². The van der Waals surface area contributed by atoms with Gasteiger partial charge in [0.1, 0.15) is 5.65 Å². The Hall–Kier alpha value is -2.81. The molecule has 0 radical (unpaired) electrons. The maximum atomic E-state index is 12.3. The molecule has 0 saturated carbocycles. The lowest BCUT2D eigenvalue weighted by Gasteiger charge is -2.06. The van der Waals surface area contributed by atoms with E-state index in [-0.39, 0.29) is 6.04 Å². The minimum atomic E-state index is -0.422. The van der Waals surface area contributed by atoms with E-state index in [2.05, 4.69) is 20.4 Å². The van der Waals surface area contributed by atoms with Gasteiger partial charge in [-0.3, -0.25) is 13.9 Å². The summed E-state index contributed by atoms with van der Waals surface area (Å²) < 4.78 is 7.63. The van der Waals surface area contributed by atoms with E-state index >= 15 is 0 Å². The summed E-state index contributed by atoms with van der Waals surface area (Å²) in [4.78, 5) is 32.8. The Labute approximate surface area is 136 Å². The average molecular weight is 330 g/mol. The van der Waals surface area contributed by atoms with Gasteiger partial charge in [0, 0.05) is 32.8 Å². The number of hydrogen-bond acceptors (Lipinski definition) is 7. The lowest BCUT2D eigenvalue weighted by Crippen LogP contribution is -2.37. The SMILES string of the molecule is CNC(C)Cc1noc(-c2cnc3c(c2)c(=O)n(C)c(=O)n3C)n1. The molecule has 0 aromatic carbocycles. The second-order valence-electron chi connectivity index (χ2n) is 5.71. The summed E-state index contributed by atoms with van der Waals surface area (Å²) in [6, 6.07) is 1.83. The number of aryl methyl sites for hydroxylation is 1. The van der Waals surface area contributed by atoms with E-state index in [1.165, 1.54) is 17.8 Å². The molecule has 0 amide bonds. The van der Waals surface area contributed by atoms with Crippen LogP contribution in [0.3, 0.4) is 0 Å². The molecule has 126 valence electrons. The van der Waals surface area contributed by atoms with Crippen LogP contribution in [0.5, 0.6) is 0 Å². The molecule has 0 aliphatic heterocycles. The molecule has 0 bridgehead atoms. The van der Waals surface area contributed by atoms with Crippen LogP contribution < -0.4 is 16.6 Å². The Morgan fingerprint density at radius 3 is 2.75 bits per heavy atom. The van der Waals surface area contributed by atoms with Crippen LogP contribution in [-0.2, 0) is 20.5 Å². The maximum absolute atomic E-state index is 12.3. The molecule has 3 aromatic rings. The molecule has 0 saturated heterocycles. The molecular formula is C15H18N6O3. The second-order valence-corrected chi connectivity index (χ2v) is 5.71. The summed E-state index contributed by atoms with van der Waals surface area (Å²) in [6.45, 7) is 2.01. The normalized spacial score (nSPS) is 12.7. The van der Waals surface area contributed by atoms with Gasteiger partial charge in [0.25, 0.3) is 11.4 Å². The monoisotopic (exact) mass is 330 g/mol. The lowest BCUT2D eigenvalue weighted by atomic mass is 10.2. The Balaban J connectivity index is 2.09. The van der Waals surface area contributed by atoms with Gasteiger partial charge >= 0.3 is 5.69 Å².